The van der Waals surface area contributed by atoms with Crippen molar-refractivity contribution in [3.8, 4) is 11.5 Å². The van der Waals surface area contributed by atoms with E-state index < -0.39 is 0 Å². The molecule has 1 aliphatic carbocycles. The molecule has 0 bridgehead atoms. The molecule has 0 unspecified atom stereocenters. The van der Waals surface area contributed by atoms with E-state index in [0.29, 0.717) is 28.6 Å². The zero-order valence-electron chi connectivity index (χ0n) is 15.3. The minimum absolute atomic E-state index is 0.0326. The van der Waals surface area contributed by atoms with Crippen LogP contribution in [0.4, 0.5) is 0 Å². The Morgan fingerprint density at radius 2 is 1.93 bits per heavy atom. The van der Waals surface area contributed by atoms with E-state index in [1.165, 1.54) is 5.56 Å². The molecule has 0 aliphatic heterocycles. The van der Waals surface area contributed by atoms with Gasteiger partial charge in [-0.3, -0.25) is 4.79 Å². The van der Waals surface area contributed by atoms with E-state index in [2.05, 4.69) is 10.3 Å². The number of aromatic amines is 1. The van der Waals surface area contributed by atoms with Crippen LogP contribution in [0.15, 0.2) is 42.6 Å². The molecule has 1 amide bonds. The van der Waals surface area contributed by atoms with Crippen molar-refractivity contribution in [3.05, 3.63) is 58.7 Å². The van der Waals surface area contributed by atoms with Crippen LogP contribution in [0.1, 0.15) is 28.8 Å². The van der Waals surface area contributed by atoms with Gasteiger partial charge in [0.25, 0.3) is 5.91 Å². The highest BCUT2D eigenvalue weighted by Gasteiger charge is 2.45. The zero-order chi connectivity index (χ0) is 19.0. The molecule has 1 aliphatic rings. The maximum absolute atomic E-state index is 12.6. The molecule has 27 heavy (non-hydrogen) atoms. The Bertz CT molecular complexity index is 1010. The number of H-pyrrole nitrogens is 1. The molecule has 1 fully saturated rings. The first-order valence-electron chi connectivity index (χ1n) is 8.84. The van der Waals surface area contributed by atoms with Crippen molar-refractivity contribution < 1.29 is 14.3 Å². The third-order valence-electron chi connectivity index (χ3n) is 5.30. The van der Waals surface area contributed by atoms with Crippen LogP contribution in [0.2, 0.25) is 5.02 Å². The predicted octanol–water partition coefficient (Wildman–Crippen LogP) is 4.30. The Morgan fingerprint density at radius 1 is 1.15 bits per heavy atom. The lowest BCUT2D eigenvalue weighted by Crippen LogP contribution is -2.32. The number of hydrogen-bond donors (Lipinski definition) is 2. The fourth-order valence-corrected chi connectivity index (χ4v) is 3.72. The lowest BCUT2D eigenvalue weighted by Gasteiger charge is -2.16. The van der Waals surface area contributed by atoms with Gasteiger partial charge in [-0.2, -0.15) is 0 Å². The van der Waals surface area contributed by atoms with E-state index in [9.17, 15) is 4.79 Å². The number of aromatic nitrogens is 1. The summed E-state index contributed by atoms with van der Waals surface area (Å²) in [7, 11) is 3.13. The van der Waals surface area contributed by atoms with E-state index in [0.717, 1.165) is 23.7 Å². The van der Waals surface area contributed by atoms with E-state index in [4.69, 9.17) is 21.1 Å². The summed E-state index contributed by atoms with van der Waals surface area (Å²) in [6, 6.07) is 11.0. The number of fused-ring (bicyclic) bond motifs is 1. The molecule has 5 nitrogen and oxygen atoms in total. The summed E-state index contributed by atoms with van der Waals surface area (Å²) in [6.07, 6.45) is 4.12. The fourth-order valence-electron chi connectivity index (χ4n) is 3.55. The quantitative estimate of drug-likeness (QED) is 0.666. The minimum Gasteiger partial charge on any atom is -0.493 e. The van der Waals surface area contributed by atoms with E-state index in [1.54, 1.807) is 32.4 Å². The van der Waals surface area contributed by atoms with Crippen LogP contribution in [0.5, 0.6) is 11.5 Å². The molecule has 1 saturated carbocycles. The highest BCUT2D eigenvalue weighted by atomic mass is 35.5. The monoisotopic (exact) mass is 384 g/mol. The Hall–Kier alpha value is -2.66. The molecule has 2 N–H and O–H groups in total. The van der Waals surface area contributed by atoms with Crippen LogP contribution in [0.25, 0.3) is 10.9 Å². The number of methoxy groups -OCH3 is 2. The highest BCUT2D eigenvalue weighted by Crippen LogP contribution is 2.50. The first-order valence-corrected chi connectivity index (χ1v) is 9.21. The average Bonchev–Trinajstić information content (AvgIpc) is 3.36. The van der Waals surface area contributed by atoms with Gasteiger partial charge in [-0.25, -0.2) is 0 Å². The first-order chi connectivity index (χ1) is 13.1. The average molecular weight is 385 g/mol. The van der Waals surface area contributed by atoms with Crippen molar-refractivity contribution in [2.45, 2.75) is 18.3 Å². The van der Waals surface area contributed by atoms with Gasteiger partial charge < -0.3 is 19.8 Å². The Balaban J connectivity index is 1.52. The Kier molecular flexibility index (Phi) is 4.48. The van der Waals surface area contributed by atoms with Crippen molar-refractivity contribution in [1.82, 2.24) is 10.3 Å². The third-order valence-corrected chi connectivity index (χ3v) is 5.54. The summed E-state index contributed by atoms with van der Waals surface area (Å²) in [5, 5.41) is 4.92. The van der Waals surface area contributed by atoms with Gasteiger partial charge >= 0.3 is 0 Å². The molecule has 0 saturated heterocycles. The van der Waals surface area contributed by atoms with Crippen LogP contribution < -0.4 is 14.8 Å². The van der Waals surface area contributed by atoms with Crippen LogP contribution in [0.3, 0.4) is 0 Å². The van der Waals surface area contributed by atoms with Gasteiger partial charge in [0.2, 0.25) is 0 Å². The number of ether oxygens (including phenoxy) is 2. The number of hydrogen-bond acceptors (Lipinski definition) is 3. The maximum Gasteiger partial charge on any atom is 0.251 e. The van der Waals surface area contributed by atoms with Gasteiger partial charge in [-0.1, -0.05) is 11.6 Å². The molecule has 140 valence electrons. The summed E-state index contributed by atoms with van der Waals surface area (Å²) in [6.45, 7) is 0.583. The molecule has 0 spiro atoms. The summed E-state index contributed by atoms with van der Waals surface area (Å²) >= 11 is 6.17. The second-order valence-corrected chi connectivity index (χ2v) is 7.36. The van der Waals surface area contributed by atoms with Gasteiger partial charge in [0.15, 0.2) is 11.5 Å². The number of carbonyl (C=O) groups excluding carboxylic acids is 1. The minimum atomic E-state index is -0.125. The molecule has 2 aromatic carbocycles. The van der Waals surface area contributed by atoms with Crippen LogP contribution >= 0.6 is 11.6 Å². The molecule has 1 heterocycles. The topological polar surface area (TPSA) is 63.3 Å². The molecule has 1 aromatic heterocycles. The maximum atomic E-state index is 12.6. The fraction of sp³-hybridized carbons (Fsp3) is 0.286. The van der Waals surface area contributed by atoms with Crippen molar-refractivity contribution in [1.29, 1.82) is 0 Å². The number of halogens is 1. The van der Waals surface area contributed by atoms with E-state index in [-0.39, 0.29) is 11.3 Å². The number of nitrogens with one attached hydrogen (secondary N) is 2. The molecular weight excluding hydrogens is 364 g/mol. The lowest BCUT2D eigenvalue weighted by molar-refractivity contribution is 0.0949. The molecule has 0 radical (unpaired) electrons. The van der Waals surface area contributed by atoms with Crippen molar-refractivity contribution >= 4 is 28.4 Å². The molecule has 3 aromatic rings. The second-order valence-electron chi connectivity index (χ2n) is 6.93. The third kappa shape index (κ3) is 3.23. The lowest BCUT2D eigenvalue weighted by atomic mass is 9.95. The van der Waals surface area contributed by atoms with Crippen molar-refractivity contribution in [2.75, 3.05) is 20.8 Å². The molecule has 0 atom stereocenters. The number of rotatable bonds is 6. The number of benzene rings is 2. The van der Waals surface area contributed by atoms with Gasteiger partial charge in [-0.15, -0.1) is 0 Å². The van der Waals surface area contributed by atoms with Crippen molar-refractivity contribution in [3.63, 3.8) is 0 Å². The normalized spacial score (nSPS) is 14.8. The smallest absolute Gasteiger partial charge is 0.251 e. The predicted molar refractivity (Wildman–Crippen MR) is 106 cm³/mol. The van der Waals surface area contributed by atoms with E-state index in [1.807, 2.05) is 24.4 Å². The van der Waals surface area contributed by atoms with Crippen molar-refractivity contribution in [2.24, 2.45) is 0 Å². The second kappa shape index (κ2) is 6.82. The summed E-state index contributed by atoms with van der Waals surface area (Å²) < 4.78 is 10.5. The molecule has 6 heteroatoms. The zero-order valence-corrected chi connectivity index (χ0v) is 16.0. The molecule has 4 rings (SSSR count). The van der Waals surface area contributed by atoms with Gasteiger partial charge in [0.1, 0.15) is 0 Å². The Morgan fingerprint density at radius 3 is 2.63 bits per heavy atom. The Labute approximate surface area is 162 Å². The summed E-state index contributed by atoms with van der Waals surface area (Å²) in [5.74, 6) is 1.01. The molecular formula is C21H21ClN2O3. The van der Waals surface area contributed by atoms with Gasteiger partial charge in [-0.05, 0) is 54.8 Å². The van der Waals surface area contributed by atoms with Gasteiger partial charge in [0, 0.05) is 39.6 Å². The number of amides is 1. The summed E-state index contributed by atoms with van der Waals surface area (Å²) in [4.78, 5) is 15.9. The SMILES string of the molecule is COc1ccc(C(=O)NCC2(c3c[nH]c4ccc(Cl)cc34)CC2)cc1OC. The largest absolute Gasteiger partial charge is 0.493 e. The standard InChI is InChI=1S/C21H21ClN2O3/c1-26-18-6-3-13(9-19(18)27-2)20(25)24-12-21(7-8-21)16-11-23-17-5-4-14(22)10-15(16)17/h3-6,9-11,23H,7-8,12H2,1-2H3,(H,24,25). The van der Waals surface area contributed by atoms with Crippen LogP contribution in [0, 0.1) is 0 Å². The summed E-state index contributed by atoms with van der Waals surface area (Å²) in [5.41, 5.74) is 2.79. The highest BCUT2D eigenvalue weighted by molar-refractivity contribution is 6.31. The first kappa shape index (κ1) is 17.7. The van der Waals surface area contributed by atoms with Crippen LogP contribution in [-0.4, -0.2) is 31.7 Å². The number of carbonyl (C=O) groups is 1. The van der Waals surface area contributed by atoms with Gasteiger partial charge in [0.05, 0.1) is 14.2 Å². The van der Waals surface area contributed by atoms with Crippen LogP contribution in [-0.2, 0) is 5.41 Å². The van der Waals surface area contributed by atoms with E-state index >= 15 is 0 Å².